The lowest BCUT2D eigenvalue weighted by molar-refractivity contribution is 0.112. The molecule has 2 rings (SSSR count). The van der Waals surface area contributed by atoms with Crippen LogP contribution in [0, 0.1) is 6.92 Å². The zero-order valence-corrected chi connectivity index (χ0v) is 9.50. The minimum atomic E-state index is 0.104. The molecule has 0 aliphatic rings. The fourth-order valence-corrected chi connectivity index (χ4v) is 1.27. The van der Waals surface area contributed by atoms with Crippen LogP contribution in [0.3, 0.4) is 0 Å². The third kappa shape index (κ3) is 4.84. The first-order chi connectivity index (χ1) is 8.11. The maximum atomic E-state index is 10.0. The van der Waals surface area contributed by atoms with Crippen molar-refractivity contribution in [2.45, 2.75) is 6.92 Å². The molecular weight excluding hydrogens is 216 g/mol. The standard InChI is InChI=1S/C7H8O2.C7H6O/c1-5-2-6(8)4-7(9)3-5;8-6-7-4-2-1-3-5-7/h2-4,8-9H,1H3;1-6H. The fraction of sp³-hybridized carbons (Fsp3) is 0.0714. The number of aldehydes is 1. The predicted molar refractivity (Wildman–Crippen MR) is 66.3 cm³/mol. The molecule has 0 heterocycles. The lowest BCUT2D eigenvalue weighted by Gasteiger charge is -1.94. The second-order valence-electron chi connectivity index (χ2n) is 3.56. The highest BCUT2D eigenvalue weighted by Crippen LogP contribution is 2.18. The average molecular weight is 230 g/mol. The summed E-state index contributed by atoms with van der Waals surface area (Å²) in [5, 5.41) is 17.7. The summed E-state index contributed by atoms with van der Waals surface area (Å²) in [5.41, 5.74) is 1.58. The molecule has 0 spiro atoms. The van der Waals surface area contributed by atoms with Gasteiger partial charge in [-0.2, -0.15) is 0 Å². The van der Waals surface area contributed by atoms with Crippen LogP contribution in [0.25, 0.3) is 0 Å². The summed E-state index contributed by atoms with van der Waals surface area (Å²) in [7, 11) is 0. The minimum Gasteiger partial charge on any atom is -0.508 e. The number of phenolic OH excluding ortho intramolecular Hbond substituents is 2. The van der Waals surface area contributed by atoms with Crippen LogP contribution in [-0.4, -0.2) is 16.5 Å². The first kappa shape index (κ1) is 12.8. The van der Waals surface area contributed by atoms with E-state index in [0.29, 0.717) is 0 Å². The van der Waals surface area contributed by atoms with E-state index in [9.17, 15) is 4.79 Å². The first-order valence-electron chi connectivity index (χ1n) is 5.11. The maximum absolute atomic E-state index is 10.0. The number of hydrogen-bond donors (Lipinski definition) is 2. The highest BCUT2D eigenvalue weighted by molar-refractivity contribution is 5.74. The molecule has 3 heteroatoms. The molecule has 0 aliphatic carbocycles. The topological polar surface area (TPSA) is 57.5 Å². The number of phenols is 2. The van der Waals surface area contributed by atoms with Gasteiger partial charge in [-0.15, -0.1) is 0 Å². The second-order valence-corrected chi connectivity index (χ2v) is 3.56. The van der Waals surface area contributed by atoms with E-state index < -0.39 is 0 Å². The molecule has 0 aliphatic heterocycles. The summed E-state index contributed by atoms with van der Waals surface area (Å²) < 4.78 is 0. The highest BCUT2D eigenvalue weighted by atomic mass is 16.3. The zero-order valence-electron chi connectivity index (χ0n) is 9.50. The Bertz CT molecular complexity index is 428. The Morgan fingerprint density at radius 2 is 1.47 bits per heavy atom. The molecule has 0 atom stereocenters. The van der Waals surface area contributed by atoms with Gasteiger partial charge >= 0.3 is 0 Å². The van der Waals surface area contributed by atoms with E-state index >= 15 is 0 Å². The van der Waals surface area contributed by atoms with Crippen LogP contribution in [0.2, 0.25) is 0 Å². The van der Waals surface area contributed by atoms with Gasteiger partial charge in [-0.05, 0) is 24.6 Å². The van der Waals surface area contributed by atoms with Crippen LogP contribution >= 0.6 is 0 Å². The van der Waals surface area contributed by atoms with E-state index in [0.717, 1.165) is 17.4 Å². The number of hydrogen-bond acceptors (Lipinski definition) is 3. The zero-order chi connectivity index (χ0) is 12.7. The fourth-order valence-electron chi connectivity index (χ4n) is 1.27. The van der Waals surface area contributed by atoms with Crippen molar-refractivity contribution in [2.24, 2.45) is 0 Å². The molecule has 2 aromatic carbocycles. The first-order valence-corrected chi connectivity index (χ1v) is 5.11. The number of rotatable bonds is 1. The lowest BCUT2D eigenvalue weighted by atomic mass is 10.2. The van der Waals surface area contributed by atoms with Crippen LogP contribution < -0.4 is 0 Å². The number of aryl methyl sites for hydroxylation is 1. The van der Waals surface area contributed by atoms with E-state index in [1.165, 1.54) is 6.07 Å². The van der Waals surface area contributed by atoms with Gasteiger partial charge in [-0.25, -0.2) is 0 Å². The number of carbonyl (C=O) groups is 1. The monoisotopic (exact) mass is 230 g/mol. The number of carbonyl (C=O) groups excluding carboxylic acids is 1. The molecular formula is C14H14O3. The smallest absolute Gasteiger partial charge is 0.150 e. The molecule has 17 heavy (non-hydrogen) atoms. The van der Waals surface area contributed by atoms with Crippen molar-refractivity contribution < 1.29 is 15.0 Å². The molecule has 0 saturated heterocycles. The summed E-state index contributed by atoms with van der Waals surface area (Å²) >= 11 is 0. The Morgan fingerprint density at radius 1 is 0.941 bits per heavy atom. The van der Waals surface area contributed by atoms with Crippen molar-refractivity contribution >= 4 is 6.29 Å². The Hall–Kier alpha value is -2.29. The molecule has 0 saturated carbocycles. The molecule has 0 fully saturated rings. The van der Waals surface area contributed by atoms with Crippen molar-refractivity contribution in [1.82, 2.24) is 0 Å². The predicted octanol–water partition coefficient (Wildman–Crippen LogP) is 2.91. The quantitative estimate of drug-likeness (QED) is 0.740. The third-order valence-corrected chi connectivity index (χ3v) is 1.98. The second kappa shape index (κ2) is 6.33. The Labute approximate surface area is 100.0 Å². The van der Waals surface area contributed by atoms with Crippen molar-refractivity contribution in [3.05, 3.63) is 59.7 Å². The van der Waals surface area contributed by atoms with E-state index in [1.807, 2.05) is 18.2 Å². The SMILES string of the molecule is Cc1cc(O)cc(O)c1.O=Cc1ccccc1. The molecule has 3 nitrogen and oxygen atoms in total. The third-order valence-electron chi connectivity index (χ3n) is 1.98. The molecule has 0 amide bonds. The molecule has 0 aromatic heterocycles. The van der Waals surface area contributed by atoms with Gasteiger partial charge < -0.3 is 10.2 Å². The molecule has 2 N–H and O–H groups in total. The van der Waals surface area contributed by atoms with Crippen LogP contribution in [0.4, 0.5) is 0 Å². The van der Waals surface area contributed by atoms with Gasteiger partial charge in [0.25, 0.3) is 0 Å². The summed E-state index contributed by atoms with van der Waals surface area (Å²) in [6.07, 6.45) is 0.833. The van der Waals surface area contributed by atoms with Crippen molar-refractivity contribution in [3.63, 3.8) is 0 Å². The van der Waals surface area contributed by atoms with E-state index in [2.05, 4.69) is 0 Å². The highest BCUT2D eigenvalue weighted by Gasteiger charge is 1.91. The molecule has 0 unspecified atom stereocenters. The van der Waals surface area contributed by atoms with Gasteiger partial charge in [-0.1, -0.05) is 30.3 Å². The normalized spacial score (nSPS) is 9.00. The van der Waals surface area contributed by atoms with Crippen LogP contribution in [-0.2, 0) is 0 Å². The summed E-state index contributed by atoms with van der Waals surface area (Å²) in [6.45, 7) is 1.80. The van der Waals surface area contributed by atoms with Crippen LogP contribution in [0.5, 0.6) is 11.5 Å². The van der Waals surface area contributed by atoms with Crippen molar-refractivity contribution in [1.29, 1.82) is 0 Å². The Kier molecular flexibility index (Phi) is 4.76. The maximum Gasteiger partial charge on any atom is 0.150 e. The molecule has 2 aromatic rings. The van der Waals surface area contributed by atoms with E-state index in [-0.39, 0.29) is 11.5 Å². The largest absolute Gasteiger partial charge is 0.508 e. The van der Waals surface area contributed by atoms with Gasteiger partial charge in [-0.3, -0.25) is 4.79 Å². The van der Waals surface area contributed by atoms with Gasteiger partial charge in [0.05, 0.1) is 0 Å². The number of aromatic hydroxyl groups is 2. The lowest BCUT2D eigenvalue weighted by Crippen LogP contribution is -1.73. The Balaban J connectivity index is 0.000000171. The van der Waals surface area contributed by atoms with Gasteiger partial charge in [0.15, 0.2) is 0 Å². The van der Waals surface area contributed by atoms with E-state index in [4.69, 9.17) is 10.2 Å². The van der Waals surface area contributed by atoms with E-state index in [1.54, 1.807) is 31.2 Å². The van der Waals surface area contributed by atoms with Gasteiger partial charge in [0, 0.05) is 11.6 Å². The van der Waals surface area contributed by atoms with Gasteiger partial charge in [0.2, 0.25) is 0 Å². The molecule has 88 valence electrons. The summed E-state index contributed by atoms with van der Waals surface area (Å²) in [5.74, 6) is 0.208. The van der Waals surface area contributed by atoms with Crippen molar-refractivity contribution in [3.8, 4) is 11.5 Å². The summed E-state index contributed by atoms with van der Waals surface area (Å²) in [6, 6.07) is 13.6. The average Bonchev–Trinajstić information content (AvgIpc) is 2.29. The Morgan fingerprint density at radius 3 is 1.82 bits per heavy atom. The molecule has 0 bridgehead atoms. The summed E-state index contributed by atoms with van der Waals surface area (Å²) in [4.78, 5) is 10.0. The van der Waals surface area contributed by atoms with Crippen LogP contribution in [0.15, 0.2) is 48.5 Å². The molecule has 0 radical (unpaired) electrons. The van der Waals surface area contributed by atoms with Crippen LogP contribution in [0.1, 0.15) is 15.9 Å². The van der Waals surface area contributed by atoms with Gasteiger partial charge in [0.1, 0.15) is 17.8 Å². The number of benzene rings is 2. The van der Waals surface area contributed by atoms with Crippen molar-refractivity contribution in [2.75, 3.05) is 0 Å². The minimum absolute atomic E-state index is 0.104.